The highest BCUT2D eigenvalue weighted by Gasteiger charge is 2.47. The lowest BCUT2D eigenvalue weighted by molar-refractivity contribution is -0.114. The number of carbonyl (C=O) groups excluding carboxylic acids is 1. The minimum Gasteiger partial charge on any atom is -0.315 e. The normalized spacial score (nSPS) is 25.9. The number of Topliss-reactive ketones (excluding diaryl/α,β-unsaturated/α-hetero) is 1. The van der Waals surface area contributed by atoms with Gasteiger partial charge in [-0.2, -0.15) is 0 Å². The van der Waals surface area contributed by atoms with Crippen molar-refractivity contribution < 1.29 is 13.2 Å². The lowest BCUT2D eigenvalue weighted by Crippen LogP contribution is -2.39. The standard InChI is InChI=1S/C14H15ClN2O3S2/c1-9(18)6-21-14-16-12-7-22(19,20)8-13(12)17(14)11-4-2-3-10(15)5-11/h2-5,12-13H,6-8H2,1H3. The molecule has 1 aromatic rings. The van der Waals surface area contributed by atoms with Gasteiger partial charge in [0, 0.05) is 10.7 Å². The number of fused-ring (bicyclic) bond motifs is 1. The van der Waals surface area contributed by atoms with E-state index in [9.17, 15) is 13.2 Å². The summed E-state index contributed by atoms with van der Waals surface area (Å²) in [6.07, 6.45) is 0. The maximum absolute atomic E-state index is 11.9. The lowest BCUT2D eigenvalue weighted by Gasteiger charge is -2.26. The molecule has 0 aliphatic carbocycles. The van der Waals surface area contributed by atoms with E-state index in [4.69, 9.17) is 11.6 Å². The lowest BCUT2D eigenvalue weighted by atomic mass is 10.1. The monoisotopic (exact) mass is 358 g/mol. The largest absolute Gasteiger partial charge is 0.315 e. The molecule has 0 spiro atoms. The zero-order chi connectivity index (χ0) is 15.9. The molecule has 2 aliphatic heterocycles. The smallest absolute Gasteiger partial charge is 0.164 e. The summed E-state index contributed by atoms with van der Waals surface area (Å²) in [5.41, 5.74) is 0.812. The van der Waals surface area contributed by atoms with Crippen LogP contribution in [-0.4, -0.2) is 48.7 Å². The van der Waals surface area contributed by atoms with Gasteiger partial charge in [-0.05, 0) is 25.1 Å². The number of amidine groups is 1. The Hall–Kier alpha value is -1.05. The molecule has 0 bridgehead atoms. The minimum atomic E-state index is -3.07. The van der Waals surface area contributed by atoms with Crippen LogP contribution in [0, 0.1) is 0 Å². The third kappa shape index (κ3) is 3.16. The molecule has 22 heavy (non-hydrogen) atoms. The molecular weight excluding hydrogens is 344 g/mol. The fourth-order valence-electron chi connectivity index (χ4n) is 2.73. The van der Waals surface area contributed by atoms with Crippen LogP contribution in [0.4, 0.5) is 5.69 Å². The predicted octanol–water partition coefficient (Wildman–Crippen LogP) is 2.00. The summed E-state index contributed by atoms with van der Waals surface area (Å²) in [5.74, 6) is 0.530. The Morgan fingerprint density at radius 3 is 2.91 bits per heavy atom. The van der Waals surface area contributed by atoms with Crippen molar-refractivity contribution in [3.63, 3.8) is 0 Å². The Bertz CT molecular complexity index is 748. The zero-order valence-electron chi connectivity index (χ0n) is 11.9. The first-order valence-corrected chi connectivity index (χ1v) is 9.99. The number of rotatable bonds is 3. The van der Waals surface area contributed by atoms with Crippen LogP contribution >= 0.6 is 23.4 Å². The Morgan fingerprint density at radius 1 is 1.45 bits per heavy atom. The van der Waals surface area contributed by atoms with E-state index in [0.29, 0.717) is 15.9 Å². The van der Waals surface area contributed by atoms with Crippen LogP contribution in [0.2, 0.25) is 5.02 Å². The number of halogens is 1. The Kier molecular flexibility index (Phi) is 4.22. The molecule has 118 valence electrons. The molecule has 0 aromatic heterocycles. The molecule has 8 heteroatoms. The van der Waals surface area contributed by atoms with Crippen molar-refractivity contribution in [2.45, 2.75) is 19.0 Å². The second-order valence-electron chi connectivity index (χ2n) is 5.46. The van der Waals surface area contributed by atoms with E-state index in [-0.39, 0.29) is 29.4 Å². The number of nitrogens with zero attached hydrogens (tertiary/aromatic N) is 2. The Balaban J connectivity index is 1.95. The van der Waals surface area contributed by atoms with Gasteiger partial charge >= 0.3 is 0 Å². The molecule has 2 unspecified atom stereocenters. The van der Waals surface area contributed by atoms with Gasteiger partial charge in [-0.1, -0.05) is 29.4 Å². The van der Waals surface area contributed by atoms with Crippen LogP contribution in [0.1, 0.15) is 6.92 Å². The first-order chi connectivity index (χ1) is 10.4. The van der Waals surface area contributed by atoms with Gasteiger partial charge in [-0.15, -0.1) is 0 Å². The number of carbonyl (C=O) groups is 1. The van der Waals surface area contributed by atoms with Crippen LogP contribution in [-0.2, 0) is 14.6 Å². The van der Waals surface area contributed by atoms with E-state index in [1.165, 1.54) is 18.7 Å². The topological polar surface area (TPSA) is 66.8 Å². The summed E-state index contributed by atoms with van der Waals surface area (Å²) in [5, 5.41) is 1.28. The third-order valence-corrected chi connectivity index (χ3v) is 6.64. The highest BCUT2D eigenvalue weighted by atomic mass is 35.5. The molecule has 0 saturated carbocycles. The quantitative estimate of drug-likeness (QED) is 0.826. The SMILES string of the molecule is CC(=O)CSC1=NC2CS(=O)(=O)CC2N1c1cccc(Cl)c1. The van der Waals surface area contributed by atoms with E-state index in [1.54, 1.807) is 12.1 Å². The first kappa shape index (κ1) is 15.8. The van der Waals surface area contributed by atoms with Crippen molar-refractivity contribution in [3.8, 4) is 0 Å². The second kappa shape index (κ2) is 5.86. The minimum absolute atomic E-state index is 0.0587. The molecule has 2 heterocycles. The van der Waals surface area contributed by atoms with Gasteiger partial charge in [0.25, 0.3) is 0 Å². The maximum Gasteiger partial charge on any atom is 0.164 e. The first-order valence-electron chi connectivity index (χ1n) is 6.81. The van der Waals surface area contributed by atoms with Crippen molar-refractivity contribution in [3.05, 3.63) is 29.3 Å². The Morgan fingerprint density at radius 2 is 2.23 bits per heavy atom. The molecule has 5 nitrogen and oxygen atoms in total. The van der Waals surface area contributed by atoms with Crippen LogP contribution in [0.3, 0.4) is 0 Å². The summed E-state index contributed by atoms with van der Waals surface area (Å²) < 4.78 is 23.8. The van der Waals surface area contributed by atoms with Crippen molar-refractivity contribution in [2.75, 3.05) is 22.2 Å². The molecular formula is C14H15ClN2O3S2. The van der Waals surface area contributed by atoms with Crippen molar-refractivity contribution >= 4 is 49.8 Å². The van der Waals surface area contributed by atoms with Gasteiger partial charge in [0.05, 0.1) is 29.3 Å². The van der Waals surface area contributed by atoms with Crippen molar-refractivity contribution in [1.29, 1.82) is 0 Å². The average Bonchev–Trinajstić information content (AvgIpc) is 2.87. The van der Waals surface area contributed by atoms with Crippen molar-refractivity contribution in [2.24, 2.45) is 4.99 Å². The third-order valence-electron chi connectivity index (χ3n) is 3.60. The number of hydrogen-bond donors (Lipinski definition) is 0. The van der Waals surface area contributed by atoms with Crippen LogP contribution < -0.4 is 4.90 Å². The number of sulfone groups is 1. The number of ketones is 1. The zero-order valence-corrected chi connectivity index (χ0v) is 14.3. The highest BCUT2D eigenvalue weighted by Crippen LogP contribution is 2.35. The van der Waals surface area contributed by atoms with Crippen LogP contribution in [0.5, 0.6) is 0 Å². The van der Waals surface area contributed by atoms with Gasteiger partial charge in [0.15, 0.2) is 15.0 Å². The van der Waals surface area contributed by atoms with E-state index in [0.717, 1.165) is 5.69 Å². The summed E-state index contributed by atoms with van der Waals surface area (Å²) in [6, 6.07) is 6.78. The molecule has 2 aliphatic rings. The van der Waals surface area contributed by atoms with E-state index in [1.807, 2.05) is 17.0 Å². The molecule has 0 amide bonds. The average molecular weight is 359 g/mol. The predicted molar refractivity (Wildman–Crippen MR) is 90.7 cm³/mol. The number of thioether (sulfide) groups is 1. The fraction of sp³-hybridized carbons (Fsp3) is 0.429. The molecule has 1 aromatic carbocycles. The number of hydrogen-bond acceptors (Lipinski definition) is 6. The molecule has 1 fully saturated rings. The van der Waals surface area contributed by atoms with Gasteiger partial charge in [0.2, 0.25) is 0 Å². The van der Waals surface area contributed by atoms with Crippen LogP contribution in [0.15, 0.2) is 29.3 Å². The second-order valence-corrected chi connectivity index (χ2v) is 9.00. The summed E-state index contributed by atoms with van der Waals surface area (Å²) in [6.45, 7) is 1.53. The summed E-state index contributed by atoms with van der Waals surface area (Å²) in [4.78, 5) is 17.7. The van der Waals surface area contributed by atoms with Gasteiger partial charge < -0.3 is 4.90 Å². The van der Waals surface area contributed by atoms with E-state index >= 15 is 0 Å². The number of anilines is 1. The number of benzene rings is 1. The summed E-state index contributed by atoms with van der Waals surface area (Å²) >= 11 is 7.40. The summed E-state index contributed by atoms with van der Waals surface area (Å²) in [7, 11) is -3.07. The fourth-order valence-corrected chi connectivity index (χ4v) is 5.68. The van der Waals surface area contributed by atoms with Gasteiger partial charge in [-0.3, -0.25) is 9.79 Å². The highest BCUT2D eigenvalue weighted by molar-refractivity contribution is 8.14. The molecule has 1 saturated heterocycles. The molecule has 0 radical (unpaired) electrons. The van der Waals surface area contributed by atoms with E-state index in [2.05, 4.69) is 4.99 Å². The van der Waals surface area contributed by atoms with E-state index < -0.39 is 9.84 Å². The van der Waals surface area contributed by atoms with Crippen molar-refractivity contribution in [1.82, 2.24) is 0 Å². The maximum atomic E-state index is 11.9. The Labute approximate surface area is 138 Å². The number of aliphatic imine (C=N–C) groups is 1. The molecule has 0 N–H and O–H groups in total. The molecule has 2 atom stereocenters. The van der Waals surface area contributed by atoms with Gasteiger partial charge in [0.1, 0.15) is 5.78 Å². The molecule has 3 rings (SSSR count). The van der Waals surface area contributed by atoms with Crippen LogP contribution in [0.25, 0.3) is 0 Å². The van der Waals surface area contributed by atoms with Gasteiger partial charge in [-0.25, -0.2) is 8.42 Å².